The largest absolute Gasteiger partial charge is 0.494 e. The number of hydrogen-bond acceptors (Lipinski definition) is 6. The summed E-state index contributed by atoms with van der Waals surface area (Å²) >= 11 is 5.91. The van der Waals surface area contributed by atoms with Crippen molar-refractivity contribution in [3.8, 4) is 17.2 Å². The second-order valence-electron chi connectivity index (χ2n) is 6.74. The van der Waals surface area contributed by atoms with Crippen LogP contribution in [0.2, 0.25) is 5.02 Å². The van der Waals surface area contributed by atoms with E-state index >= 15 is 0 Å². The van der Waals surface area contributed by atoms with Crippen LogP contribution in [0, 0.1) is 0 Å². The van der Waals surface area contributed by atoms with Crippen molar-refractivity contribution in [2.75, 3.05) is 24.6 Å². The predicted molar refractivity (Wildman–Crippen MR) is 111 cm³/mol. The van der Waals surface area contributed by atoms with E-state index in [-0.39, 0.29) is 15.8 Å². The van der Waals surface area contributed by atoms with Gasteiger partial charge in [-0.2, -0.15) is 4.98 Å². The van der Waals surface area contributed by atoms with Gasteiger partial charge in [0.2, 0.25) is 26.6 Å². The van der Waals surface area contributed by atoms with Crippen LogP contribution in [0.1, 0.15) is 19.8 Å². The molecule has 1 aliphatic heterocycles. The average molecular weight is 433 g/mol. The Bertz CT molecular complexity index is 1090. The lowest BCUT2D eigenvalue weighted by Gasteiger charge is -2.14. The molecule has 4 rings (SSSR count). The molecule has 1 saturated heterocycles. The van der Waals surface area contributed by atoms with Crippen molar-refractivity contribution in [3.05, 3.63) is 53.6 Å². The molecule has 3 aromatic rings. The van der Waals surface area contributed by atoms with Crippen LogP contribution in [0.15, 0.2) is 62.9 Å². The van der Waals surface area contributed by atoms with E-state index in [1.165, 1.54) is 12.1 Å². The molecule has 0 unspecified atom stereocenters. The molecule has 2 aromatic carbocycles. The molecular weight excluding hydrogens is 412 g/mol. The van der Waals surface area contributed by atoms with Crippen molar-refractivity contribution >= 4 is 27.3 Å². The fourth-order valence-electron chi connectivity index (χ4n) is 3.30. The molecule has 152 valence electrons. The molecule has 1 aliphatic rings. The highest BCUT2D eigenvalue weighted by molar-refractivity contribution is 7.91. The van der Waals surface area contributed by atoms with Crippen molar-refractivity contribution in [1.29, 1.82) is 0 Å². The molecule has 0 aliphatic carbocycles. The van der Waals surface area contributed by atoms with Crippen LogP contribution < -0.4 is 9.64 Å². The maximum absolute atomic E-state index is 13.3. The summed E-state index contributed by atoms with van der Waals surface area (Å²) in [7, 11) is -3.86. The van der Waals surface area contributed by atoms with Crippen LogP contribution in [0.4, 0.5) is 5.88 Å². The van der Waals surface area contributed by atoms with Crippen LogP contribution in [-0.4, -0.2) is 33.1 Å². The lowest BCUT2D eigenvalue weighted by atomic mass is 10.2. The van der Waals surface area contributed by atoms with Crippen molar-refractivity contribution in [1.82, 2.24) is 4.98 Å². The lowest BCUT2D eigenvalue weighted by Crippen LogP contribution is -2.19. The highest BCUT2D eigenvalue weighted by Crippen LogP contribution is 2.36. The first-order valence-corrected chi connectivity index (χ1v) is 11.3. The van der Waals surface area contributed by atoms with Gasteiger partial charge in [0.15, 0.2) is 0 Å². The lowest BCUT2D eigenvalue weighted by molar-refractivity contribution is 0.340. The Morgan fingerprint density at radius 2 is 1.72 bits per heavy atom. The Hall–Kier alpha value is -2.51. The summed E-state index contributed by atoms with van der Waals surface area (Å²) in [5.74, 6) is 1.29. The number of ether oxygens (including phenoxy) is 1. The van der Waals surface area contributed by atoms with Crippen LogP contribution in [0.3, 0.4) is 0 Å². The average Bonchev–Trinajstić information content (AvgIpc) is 3.39. The van der Waals surface area contributed by atoms with E-state index in [1.807, 2.05) is 36.1 Å². The Morgan fingerprint density at radius 1 is 1.07 bits per heavy atom. The molecule has 2 heterocycles. The van der Waals surface area contributed by atoms with Crippen LogP contribution >= 0.6 is 11.6 Å². The maximum Gasteiger partial charge on any atom is 0.236 e. The summed E-state index contributed by atoms with van der Waals surface area (Å²) in [5, 5.41) is 0.407. The van der Waals surface area contributed by atoms with E-state index in [1.54, 1.807) is 12.1 Å². The second-order valence-corrected chi connectivity index (χ2v) is 9.04. The third-order valence-corrected chi connectivity index (χ3v) is 6.68. The third kappa shape index (κ3) is 3.97. The predicted octanol–water partition coefficient (Wildman–Crippen LogP) is 4.83. The zero-order valence-electron chi connectivity index (χ0n) is 16.0. The smallest absolute Gasteiger partial charge is 0.236 e. The van der Waals surface area contributed by atoms with Crippen molar-refractivity contribution in [3.63, 3.8) is 0 Å². The number of halogens is 1. The molecule has 0 amide bonds. The van der Waals surface area contributed by atoms with Crippen LogP contribution in [0.25, 0.3) is 11.5 Å². The van der Waals surface area contributed by atoms with Gasteiger partial charge < -0.3 is 14.1 Å². The number of sulfone groups is 1. The first-order valence-electron chi connectivity index (χ1n) is 9.48. The van der Waals surface area contributed by atoms with Crippen molar-refractivity contribution < 1.29 is 17.6 Å². The Kier molecular flexibility index (Phi) is 5.52. The number of nitrogens with zero attached hydrogens (tertiary/aromatic N) is 2. The molecule has 0 radical (unpaired) electrons. The molecule has 6 nitrogen and oxygen atoms in total. The molecule has 0 spiro atoms. The fraction of sp³-hybridized carbons (Fsp3) is 0.286. The molecule has 29 heavy (non-hydrogen) atoms. The zero-order chi connectivity index (χ0) is 20.4. The second kappa shape index (κ2) is 8.08. The summed E-state index contributed by atoms with van der Waals surface area (Å²) in [6, 6.07) is 13.3. The summed E-state index contributed by atoms with van der Waals surface area (Å²) in [6.45, 7) is 3.96. The molecule has 0 atom stereocenters. The number of hydrogen-bond donors (Lipinski definition) is 0. The van der Waals surface area contributed by atoms with Crippen molar-refractivity contribution in [2.45, 2.75) is 29.7 Å². The van der Waals surface area contributed by atoms with Gasteiger partial charge in [0.1, 0.15) is 5.75 Å². The molecule has 0 bridgehead atoms. The highest BCUT2D eigenvalue weighted by atomic mass is 35.5. The maximum atomic E-state index is 13.3. The van der Waals surface area contributed by atoms with Gasteiger partial charge in [-0.1, -0.05) is 11.6 Å². The van der Waals surface area contributed by atoms with E-state index in [0.717, 1.165) is 31.7 Å². The van der Waals surface area contributed by atoms with Crippen LogP contribution in [0.5, 0.6) is 5.75 Å². The quantitative estimate of drug-likeness (QED) is 0.555. The van der Waals surface area contributed by atoms with Gasteiger partial charge in [0.25, 0.3) is 0 Å². The Labute approximate surface area is 175 Å². The minimum atomic E-state index is -3.86. The monoisotopic (exact) mass is 432 g/mol. The first-order chi connectivity index (χ1) is 14.0. The molecule has 8 heteroatoms. The summed E-state index contributed by atoms with van der Waals surface area (Å²) in [4.78, 5) is 6.47. The summed E-state index contributed by atoms with van der Waals surface area (Å²) < 4.78 is 38.0. The summed E-state index contributed by atoms with van der Waals surface area (Å²) in [6.07, 6.45) is 1.97. The number of rotatable bonds is 6. The summed E-state index contributed by atoms with van der Waals surface area (Å²) in [5.41, 5.74) is 0.687. The molecule has 0 saturated carbocycles. The normalized spacial score (nSPS) is 14.3. The van der Waals surface area contributed by atoms with E-state index < -0.39 is 9.84 Å². The minimum Gasteiger partial charge on any atom is -0.494 e. The minimum absolute atomic E-state index is 0.0643. The standard InChI is InChI=1S/C21H21ClN2O4S/c1-2-27-17-9-5-15(6-10-17)19-23-20(21(28-19)24-13-3-4-14-24)29(25,26)18-11-7-16(22)8-12-18/h5-12H,2-4,13-14H2,1H3. The number of aromatic nitrogens is 1. The van der Waals surface area contributed by atoms with Gasteiger partial charge in [-0.3, -0.25) is 0 Å². The van der Waals surface area contributed by atoms with E-state index in [9.17, 15) is 8.42 Å². The Balaban J connectivity index is 1.79. The molecule has 1 fully saturated rings. The van der Waals surface area contributed by atoms with Crippen molar-refractivity contribution in [2.24, 2.45) is 0 Å². The van der Waals surface area contributed by atoms with E-state index in [4.69, 9.17) is 20.8 Å². The van der Waals surface area contributed by atoms with E-state index in [0.29, 0.717) is 23.1 Å². The van der Waals surface area contributed by atoms with Gasteiger partial charge in [0.05, 0.1) is 11.5 Å². The first kappa shape index (κ1) is 19.8. The van der Waals surface area contributed by atoms with Crippen LogP contribution in [-0.2, 0) is 9.84 Å². The number of oxazole rings is 1. The number of benzene rings is 2. The third-order valence-electron chi connectivity index (χ3n) is 4.76. The van der Waals surface area contributed by atoms with Gasteiger partial charge in [-0.25, -0.2) is 8.42 Å². The topological polar surface area (TPSA) is 72.6 Å². The molecular formula is C21H21ClN2O4S. The van der Waals surface area contributed by atoms with Gasteiger partial charge in [-0.05, 0) is 68.3 Å². The molecule has 0 N–H and O–H groups in total. The van der Waals surface area contributed by atoms with Gasteiger partial charge >= 0.3 is 0 Å². The SMILES string of the molecule is CCOc1ccc(-c2nc(S(=O)(=O)c3ccc(Cl)cc3)c(N3CCCC3)o2)cc1. The van der Waals surface area contributed by atoms with Gasteiger partial charge in [0, 0.05) is 23.7 Å². The highest BCUT2D eigenvalue weighted by Gasteiger charge is 2.32. The van der Waals surface area contributed by atoms with E-state index in [2.05, 4.69) is 4.98 Å². The Morgan fingerprint density at radius 3 is 2.34 bits per heavy atom. The fourth-order valence-corrected chi connectivity index (χ4v) is 4.75. The van der Waals surface area contributed by atoms with Gasteiger partial charge in [-0.15, -0.1) is 0 Å². The zero-order valence-corrected chi connectivity index (χ0v) is 17.5. The number of anilines is 1. The molecule has 1 aromatic heterocycles.